The number of nitrogens with one attached hydrogen (secondary N) is 2. The molecule has 0 aliphatic carbocycles. The second kappa shape index (κ2) is 4.48. The molecular weight excluding hydrogens is 262 g/mol. The Morgan fingerprint density at radius 2 is 2.15 bits per heavy atom. The first-order valence-electron chi connectivity index (χ1n) is 6.16. The van der Waals surface area contributed by atoms with Crippen LogP contribution < -0.4 is 5.69 Å². The van der Waals surface area contributed by atoms with Gasteiger partial charge in [0.05, 0.1) is 11.6 Å². The van der Waals surface area contributed by atoms with Gasteiger partial charge in [0.2, 0.25) is 0 Å². The van der Waals surface area contributed by atoms with Crippen LogP contribution in [0, 0.1) is 0 Å². The Morgan fingerprint density at radius 1 is 1.40 bits per heavy atom. The summed E-state index contributed by atoms with van der Waals surface area (Å²) in [6, 6.07) is 3.23. The zero-order valence-electron chi connectivity index (χ0n) is 10.8. The monoisotopic (exact) mass is 275 g/mol. The van der Waals surface area contributed by atoms with Crippen LogP contribution in [0.15, 0.2) is 23.1 Å². The molecule has 0 aromatic carbocycles. The smallest absolute Gasteiger partial charge is 0.343 e. The predicted molar refractivity (Wildman–Crippen MR) is 68.3 cm³/mol. The molecule has 3 heterocycles. The number of amides is 1. The Morgan fingerprint density at radius 3 is 2.70 bits per heavy atom. The van der Waals surface area contributed by atoms with Crippen LogP contribution in [-0.4, -0.2) is 49.4 Å². The molecule has 1 aliphatic rings. The van der Waals surface area contributed by atoms with E-state index in [-0.39, 0.29) is 17.3 Å². The van der Waals surface area contributed by atoms with Gasteiger partial charge >= 0.3 is 5.69 Å². The number of aromatic amines is 2. The molecule has 2 aromatic rings. The Labute approximate surface area is 113 Å². The van der Waals surface area contributed by atoms with Gasteiger partial charge in [0.25, 0.3) is 11.7 Å². The zero-order chi connectivity index (χ0) is 14.3. The average molecular weight is 275 g/mol. The van der Waals surface area contributed by atoms with Gasteiger partial charge in [0.15, 0.2) is 0 Å². The number of likely N-dealkylation sites (tertiary alicyclic amines) is 1. The molecule has 2 N–H and O–H groups in total. The topological polar surface area (TPSA) is 104 Å². The standard InChI is InChI=1S/C12H13N5O3/c1-16-10(14-15-12(16)20)7-5-17(6-7)11(19)9(18)8-3-2-4-13-8/h2-4,7,13H,5-6H2,1H3,(H,15,20). The fraction of sp³-hybridized carbons (Fsp3) is 0.333. The van der Waals surface area contributed by atoms with Gasteiger partial charge in [-0.25, -0.2) is 9.89 Å². The lowest BCUT2D eigenvalue weighted by molar-refractivity contribution is -0.130. The minimum Gasteiger partial charge on any atom is -0.358 e. The van der Waals surface area contributed by atoms with E-state index in [4.69, 9.17) is 0 Å². The van der Waals surface area contributed by atoms with Crippen LogP contribution in [0.5, 0.6) is 0 Å². The van der Waals surface area contributed by atoms with Gasteiger partial charge in [-0.15, -0.1) is 0 Å². The lowest BCUT2D eigenvalue weighted by atomic mass is 9.98. The van der Waals surface area contributed by atoms with Crippen molar-refractivity contribution in [3.05, 3.63) is 40.3 Å². The van der Waals surface area contributed by atoms with E-state index < -0.39 is 11.7 Å². The van der Waals surface area contributed by atoms with E-state index in [0.29, 0.717) is 18.9 Å². The molecule has 20 heavy (non-hydrogen) atoms. The van der Waals surface area contributed by atoms with Crippen molar-refractivity contribution >= 4 is 11.7 Å². The molecule has 0 saturated carbocycles. The summed E-state index contributed by atoms with van der Waals surface area (Å²) in [4.78, 5) is 39.2. The maximum absolute atomic E-state index is 12.0. The molecule has 2 aromatic heterocycles. The number of carbonyl (C=O) groups is 2. The minimum absolute atomic E-state index is 0.0145. The highest BCUT2D eigenvalue weighted by Gasteiger charge is 2.37. The highest BCUT2D eigenvalue weighted by atomic mass is 16.2. The van der Waals surface area contributed by atoms with E-state index in [1.807, 2.05) is 0 Å². The number of rotatable bonds is 3. The van der Waals surface area contributed by atoms with Crippen LogP contribution >= 0.6 is 0 Å². The van der Waals surface area contributed by atoms with Crippen molar-refractivity contribution in [2.75, 3.05) is 13.1 Å². The van der Waals surface area contributed by atoms with Crippen LogP contribution in [0.2, 0.25) is 0 Å². The molecule has 3 rings (SSSR count). The quantitative estimate of drug-likeness (QED) is 0.568. The summed E-state index contributed by atoms with van der Waals surface area (Å²) in [7, 11) is 1.62. The van der Waals surface area contributed by atoms with Gasteiger partial charge in [0.1, 0.15) is 5.82 Å². The molecule has 0 spiro atoms. The fourth-order valence-electron chi connectivity index (χ4n) is 2.26. The first-order valence-corrected chi connectivity index (χ1v) is 6.16. The van der Waals surface area contributed by atoms with Crippen molar-refractivity contribution in [2.45, 2.75) is 5.92 Å². The maximum Gasteiger partial charge on any atom is 0.343 e. The van der Waals surface area contributed by atoms with E-state index in [1.54, 1.807) is 25.4 Å². The van der Waals surface area contributed by atoms with E-state index in [9.17, 15) is 14.4 Å². The van der Waals surface area contributed by atoms with Gasteiger partial charge in [-0.1, -0.05) is 0 Å². The third-order valence-electron chi connectivity index (χ3n) is 3.49. The number of hydrogen-bond acceptors (Lipinski definition) is 4. The van der Waals surface area contributed by atoms with Crippen LogP contribution in [0.25, 0.3) is 0 Å². The number of H-pyrrole nitrogens is 2. The summed E-state index contributed by atoms with van der Waals surface area (Å²) in [6.07, 6.45) is 1.60. The van der Waals surface area contributed by atoms with Gasteiger partial charge < -0.3 is 9.88 Å². The number of hydrogen-bond donors (Lipinski definition) is 2. The van der Waals surface area contributed by atoms with Crippen LogP contribution in [0.1, 0.15) is 22.2 Å². The molecule has 0 radical (unpaired) electrons. The SMILES string of the molecule is Cn1c(C2CN(C(=O)C(=O)c3ccc[nH]3)C2)n[nH]c1=O. The molecule has 8 heteroatoms. The largest absolute Gasteiger partial charge is 0.358 e. The average Bonchev–Trinajstić information content (AvgIpc) is 3.01. The minimum atomic E-state index is -0.552. The second-order valence-corrected chi connectivity index (χ2v) is 4.77. The summed E-state index contributed by atoms with van der Waals surface area (Å²) in [5.41, 5.74) is -0.00198. The summed E-state index contributed by atoms with van der Waals surface area (Å²) >= 11 is 0. The molecule has 1 fully saturated rings. The summed E-state index contributed by atoms with van der Waals surface area (Å²) in [5.74, 6) is -0.501. The first-order chi connectivity index (χ1) is 9.58. The molecular formula is C12H13N5O3. The van der Waals surface area contributed by atoms with Crippen LogP contribution in [0.3, 0.4) is 0 Å². The summed E-state index contributed by atoms with van der Waals surface area (Å²) in [6.45, 7) is 0.785. The van der Waals surface area contributed by atoms with Crippen molar-refractivity contribution < 1.29 is 9.59 Å². The molecule has 8 nitrogen and oxygen atoms in total. The van der Waals surface area contributed by atoms with Crippen LogP contribution in [-0.2, 0) is 11.8 Å². The highest BCUT2D eigenvalue weighted by molar-refractivity contribution is 6.42. The van der Waals surface area contributed by atoms with Crippen LogP contribution in [0.4, 0.5) is 0 Å². The lowest BCUT2D eigenvalue weighted by Crippen LogP contribution is -2.51. The second-order valence-electron chi connectivity index (χ2n) is 4.77. The van der Waals surface area contributed by atoms with Crippen molar-refractivity contribution in [1.82, 2.24) is 24.6 Å². The van der Waals surface area contributed by atoms with Crippen molar-refractivity contribution in [2.24, 2.45) is 7.05 Å². The van der Waals surface area contributed by atoms with Crippen molar-refractivity contribution in [3.8, 4) is 0 Å². The lowest BCUT2D eigenvalue weighted by Gasteiger charge is -2.37. The molecule has 0 bridgehead atoms. The van der Waals surface area contributed by atoms with E-state index in [0.717, 1.165) is 0 Å². The fourth-order valence-corrected chi connectivity index (χ4v) is 2.26. The van der Waals surface area contributed by atoms with Crippen molar-refractivity contribution in [1.29, 1.82) is 0 Å². The predicted octanol–water partition coefficient (Wildman–Crippen LogP) is -0.755. The molecule has 1 aliphatic heterocycles. The van der Waals surface area contributed by atoms with Gasteiger partial charge in [-0.2, -0.15) is 5.10 Å². The third kappa shape index (κ3) is 1.85. The summed E-state index contributed by atoms with van der Waals surface area (Å²) in [5, 5.41) is 6.28. The Hall–Kier alpha value is -2.64. The Bertz CT molecular complexity index is 706. The first kappa shape index (κ1) is 12.4. The number of aromatic nitrogens is 4. The maximum atomic E-state index is 12.0. The van der Waals surface area contributed by atoms with E-state index >= 15 is 0 Å². The number of nitrogens with zero attached hydrogens (tertiary/aromatic N) is 3. The molecule has 104 valence electrons. The number of carbonyl (C=O) groups excluding carboxylic acids is 2. The van der Waals surface area contributed by atoms with Gasteiger partial charge in [-0.05, 0) is 12.1 Å². The number of Topliss-reactive ketones (excluding diaryl/α,β-unsaturated/α-hetero) is 1. The molecule has 0 unspecified atom stereocenters. The Kier molecular flexibility index (Phi) is 2.78. The molecule has 0 atom stereocenters. The molecule has 1 amide bonds. The van der Waals surface area contributed by atoms with Crippen molar-refractivity contribution in [3.63, 3.8) is 0 Å². The van der Waals surface area contributed by atoms with E-state index in [2.05, 4.69) is 15.2 Å². The Balaban J connectivity index is 1.66. The molecule has 1 saturated heterocycles. The zero-order valence-corrected chi connectivity index (χ0v) is 10.8. The normalized spacial score (nSPS) is 15.2. The van der Waals surface area contributed by atoms with Gasteiger partial charge in [-0.3, -0.25) is 14.2 Å². The van der Waals surface area contributed by atoms with Gasteiger partial charge in [0, 0.05) is 26.3 Å². The summed E-state index contributed by atoms with van der Waals surface area (Å²) < 4.78 is 1.42. The number of ketones is 1. The highest BCUT2D eigenvalue weighted by Crippen LogP contribution is 2.24. The van der Waals surface area contributed by atoms with E-state index in [1.165, 1.54) is 9.47 Å². The third-order valence-corrected chi connectivity index (χ3v) is 3.49.